The molecule has 0 aliphatic carbocycles. The van der Waals surface area contributed by atoms with Gasteiger partial charge in [0, 0.05) is 10.8 Å². The molecule has 5 nitrogen and oxygen atoms in total. The predicted octanol–water partition coefficient (Wildman–Crippen LogP) is 4.22. The van der Waals surface area contributed by atoms with Crippen LogP contribution >= 0.6 is 34.7 Å². The second kappa shape index (κ2) is 8.02. The number of hydrogen-bond acceptors (Lipinski definition) is 6. The standard InChI is InChI=1S/C13H12ClN3O2S2/c1-2-7-19-12(18)15-11-16-17-13(21-11)20-8-9-3-5-10(14)6-4-9/h2-6H,1,7-8H2,(H,15,16,18). The van der Waals surface area contributed by atoms with Crippen LogP contribution in [-0.2, 0) is 10.5 Å². The summed E-state index contributed by atoms with van der Waals surface area (Å²) in [5.74, 6) is 0.757. The van der Waals surface area contributed by atoms with Gasteiger partial charge in [-0.05, 0) is 17.7 Å². The Morgan fingerprint density at radius 2 is 2.19 bits per heavy atom. The van der Waals surface area contributed by atoms with Gasteiger partial charge in [-0.3, -0.25) is 5.32 Å². The zero-order valence-corrected chi connectivity index (χ0v) is 13.3. The highest BCUT2D eigenvalue weighted by Gasteiger charge is 2.09. The lowest BCUT2D eigenvalue weighted by Crippen LogP contribution is -2.13. The molecular weight excluding hydrogens is 330 g/mol. The lowest BCUT2D eigenvalue weighted by atomic mass is 10.2. The van der Waals surface area contributed by atoms with Crippen LogP contribution in [-0.4, -0.2) is 22.9 Å². The molecular formula is C13H12ClN3O2S2. The van der Waals surface area contributed by atoms with Gasteiger partial charge in [0.1, 0.15) is 6.61 Å². The molecule has 0 atom stereocenters. The smallest absolute Gasteiger partial charge is 0.413 e. The highest BCUT2D eigenvalue weighted by Crippen LogP contribution is 2.28. The van der Waals surface area contributed by atoms with Crippen molar-refractivity contribution >= 4 is 45.9 Å². The van der Waals surface area contributed by atoms with Crippen LogP contribution in [0.3, 0.4) is 0 Å². The van der Waals surface area contributed by atoms with Crippen LogP contribution in [0.1, 0.15) is 5.56 Å². The second-order valence-corrected chi connectivity index (χ2v) is 6.44. The predicted molar refractivity (Wildman–Crippen MR) is 86.1 cm³/mol. The van der Waals surface area contributed by atoms with Gasteiger partial charge >= 0.3 is 6.09 Å². The SMILES string of the molecule is C=CCOC(=O)Nc1nnc(SCc2ccc(Cl)cc2)s1. The number of nitrogens with one attached hydrogen (secondary N) is 1. The lowest BCUT2D eigenvalue weighted by Gasteiger charge is -2.00. The van der Waals surface area contributed by atoms with Crippen molar-refractivity contribution in [1.29, 1.82) is 0 Å². The monoisotopic (exact) mass is 341 g/mol. The molecule has 0 spiro atoms. The number of anilines is 1. The summed E-state index contributed by atoms with van der Waals surface area (Å²) in [6.07, 6.45) is 0.924. The maximum Gasteiger partial charge on any atom is 0.413 e. The fourth-order valence-corrected chi connectivity index (χ4v) is 3.12. The topological polar surface area (TPSA) is 64.1 Å². The van der Waals surface area contributed by atoms with Gasteiger partial charge in [0.25, 0.3) is 0 Å². The van der Waals surface area contributed by atoms with Crippen LogP contribution in [0.15, 0.2) is 41.3 Å². The molecule has 21 heavy (non-hydrogen) atoms. The van der Waals surface area contributed by atoms with Gasteiger partial charge in [0.2, 0.25) is 5.13 Å². The van der Waals surface area contributed by atoms with Gasteiger partial charge in [-0.25, -0.2) is 4.79 Å². The molecule has 0 saturated carbocycles. The minimum absolute atomic E-state index is 0.156. The molecule has 0 bridgehead atoms. The number of carbonyl (C=O) groups excluding carboxylic acids is 1. The van der Waals surface area contributed by atoms with Crippen molar-refractivity contribution in [3.05, 3.63) is 47.5 Å². The van der Waals surface area contributed by atoms with Crippen molar-refractivity contribution in [2.75, 3.05) is 11.9 Å². The molecule has 0 radical (unpaired) electrons. The zero-order chi connectivity index (χ0) is 15.1. The van der Waals surface area contributed by atoms with Gasteiger partial charge in [0.05, 0.1) is 0 Å². The van der Waals surface area contributed by atoms with E-state index in [0.29, 0.717) is 10.2 Å². The maximum absolute atomic E-state index is 11.3. The normalized spacial score (nSPS) is 10.1. The van der Waals surface area contributed by atoms with E-state index in [0.717, 1.165) is 15.7 Å². The third kappa shape index (κ3) is 5.37. The van der Waals surface area contributed by atoms with Crippen molar-refractivity contribution in [2.45, 2.75) is 10.1 Å². The Balaban J connectivity index is 1.84. The van der Waals surface area contributed by atoms with Gasteiger partial charge < -0.3 is 4.74 Å². The van der Waals surface area contributed by atoms with E-state index in [2.05, 4.69) is 22.1 Å². The molecule has 1 aromatic heterocycles. The number of aromatic nitrogens is 2. The summed E-state index contributed by atoms with van der Waals surface area (Å²) in [6, 6.07) is 7.62. The van der Waals surface area contributed by atoms with Crippen molar-refractivity contribution in [1.82, 2.24) is 10.2 Å². The van der Waals surface area contributed by atoms with Gasteiger partial charge in [-0.1, -0.05) is 59.5 Å². The highest BCUT2D eigenvalue weighted by atomic mass is 35.5. The Kier molecular flexibility index (Phi) is 6.04. The Labute approximate surface area is 135 Å². The molecule has 0 saturated heterocycles. The van der Waals surface area contributed by atoms with E-state index in [1.54, 1.807) is 0 Å². The van der Waals surface area contributed by atoms with Gasteiger partial charge in [-0.2, -0.15) is 0 Å². The van der Waals surface area contributed by atoms with Crippen LogP contribution < -0.4 is 5.32 Å². The average Bonchev–Trinajstić information content (AvgIpc) is 2.92. The summed E-state index contributed by atoms with van der Waals surface area (Å²) < 4.78 is 5.56. The van der Waals surface area contributed by atoms with E-state index in [-0.39, 0.29) is 6.61 Å². The van der Waals surface area contributed by atoms with E-state index < -0.39 is 6.09 Å². The van der Waals surface area contributed by atoms with E-state index >= 15 is 0 Å². The molecule has 1 N–H and O–H groups in total. The summed E-state index contributed by atoms with van der Waals surface area (Å²) in [4.78, 5) is 11.3. The van der Waals surface area contributed by atoms with E-state index in [9.17, 15) is 4.79 Å². The fraction of sp³-hybridized carbons (Fsp3) is 0.154. The lowest BCUT2D eigenvalue weighted by molar-refractivity contribution is 0.174. The Bertz CT molecular complexity index is 616. The molecule has 0 aliphatic heterocycles. The van der Waals surface area contributed by atoms with E-state index in [1.165, 1.54) is 29.2 Å². The second-order valence-electron chi connectivity index (χ2n) is 3.80. The van der Waals surface area contributed by atoms with Crippen molar-refractivity contribution in [3.63, 3.8) is 0 Å². The van der Waals surface area contributed by atoms with Gasteiger partial charge in [0.15, 0.2) is 4.34 Å². The molecule has 2 aromatic rings. The molecule has 1 heterocycles. The first-order chi connectivity index (χ1) is 10.2. The molecule has 2 rings (SSSR count). The summed E-state index contributed by atoms with van der Waals surface area (Å²) in [7, 11) is 0. The largest absolute Gasteiger partial charge is 0.445 e. The third-order valence-corrected chi connectivity index (χ3v) is 4.52. The zero-order valence-electron chi connectivity index (χ0n) is 10.9. The number of thioether (sulfide) groups is 1. The van der Waals surface area contributed by atoms with Crippen LogP contribution in [0.2, 0.25) is 5.02 Å². The number of ether oxygens (including phenoxy) is 1. The molecule has 1 amide bonds. The Hall–Kier alpha value is -1.57. The van der Waals surface area contributed by atoms with Crippen molar-refractivity contribution in [2.24, 2.45) is 0 Å². The Morgan fingerprint density at radius 3 is 2.90 bits per heavy atom. The molecule has 1 aromatic carbocycles. The highest BCUT2D eigenvalue weighted by molar-refractivity contribution is 8.00. The number of rotatable bonds is 6. The number of hydrogen-bond donors (Lipinski definition) is 1. The van der Waals surface area contributed by atoms with Crippen LogP contribution in [0.25, 0.3) is 0 Å². The number of halogens is 1. The van der Waals surface area contributed by atoms with Crippen LogP contribution in [0.4, 0.5) is 9.93 Å². The number of nitrogens with zero attached hydrogens (tertiary/aromatic N) is 2. The Morgan fingerprint density at radius 1 is 1.43 bits per heavy atom. The number of carbonyl (C=O) groups is 1. The van der Waals surface area contributed by atoms with Crippen molar-refractivity contribution < 1.29 is 9.53 Å². The van der Waals surface area contributed by atoms with Crippen molar-refractivity contribution in [3.8, 4) is 0 Å². The first-order valence-electron chi connectivity index (χ1n) is 5.93. The number of benzene rings is 1. The summed E-state index contributed by atoms with van der Waals surface area (Å²) in [5.41, 5.74) is 1.14. The van der Waals surface area contributed by atoms with Crippen LogP contribution in [0, 0.1) is 0 Å². The quantitative estimate of drug-likeness (QED) is 0.484. The summed E-state index contributed by atoms with van der Waals surface area (Å²) >= 11 is 8.66. The minimum atomic E-state index is -0.569. The molecule has 8 heteroatoms. The maximum atomic E-state index is 11.3. The summed E-state index contributed by atoms with van der Waals surface area (Å²) in [5, 5.41) is 11.5. The molecule has 0 aliphatic rings. The first kappa shape index (κ1) is 15.8. The third-order valence-electron chi connectivity index (χ3n) is 2.22. The molecule has 110 valence electrons. The minimum Gasteiger partial charge on any atom is -0.445 e. The number of amides is 1. The summed E-state index contributed by atoms with van der Waals surface area (Å²) in [6.45, 7) is 3.62. The average molecular weight is 342 g/mol. The van der Waals surface area contributed by atoms with E-state index in [1.807, 2.05) is 24.3 Å². The van der Waals surface area contributed by atoms with E-state index in [4.69, 9.17) is 16.3 Å². The molecule has 0 fully saturated rings. The van der Waals surface area contributed by atoms with Gasteiger partial charge in [-0.15, -0.1) is 10.2 Å². The fourth-order valence-electron chi connectivity index (χ4n) is 1.30. The van der Waals surface area contributed by atoms with Crippen LogP contribution in [0.5, 0.6) is 0 Å². The first-order valence-corrected chi connectivity index (χ1v) is 8.11. The molecule has 0 unspecified atom stereocenters.